The summed E-state index contributed by atoms with van der Waals surface area (Å²) in [6, 6.07) is 3.85. The van der Waals surface area contributed by atoms with E-state index in [1.807, 2.05) is 17.8 Å². The molecule has 2 aromatic rings. The van der Waals surface area contributed by atoms with Gasteiger partial charge in [-0.25, -0.2) is 13.4 Å². The van der Waals surface area contributed by atoms with Crippen molar-refractivity contribution >= 4 is 33.0 Å². The van der Waals surface area contributed by atoms with Gasteiger partial charge in [0.25, 0.3) is 5.69 Å². The van der Waals surface area contributed by atoms with Gasteiger partial charge in [-0.3, -0.25) is 10.1 Å². The highest BCUT2D eigenvalue weighted by Crippen LogP contribution is 2.27. The molecule has 0 amide bonds. The first-order valence-corrected chi connectivity index (χ1v) is 9.49. The third kappa shape index (κ3) is 4.45. The van der Waals surface area contributed by atoms with E-state index in [0.29, 0.717) is 18.0 Å². The number of imidazole rings is 1. The second-order valence-electron chi connectivity index (χ2n) is 4.80. The number of aryl methyl sites for hydroxylation is 1. The number of hydrogen-bond donors (Lipinski definition) is 1. The van der Waals surface area contributed by atoms with Crippen molar-refractivity contribution in [2.75, 3.05) is 23.9 Å². The fourth-order valence-corrected chi connectivity index (χ4v) is 3.29. The van der Waals surface area contributed by atoms with Gasteiger partial charge in [-0.2, -0.15) is 0 Å². The van der Waals surface area contributed by atoms with Gasteiger partial charge in [0.1, 0.15) is 5.69 Å². The van der Waals surface area contributed by atoms with Gasteiger partial charge < -0.3 is 9.88 Å². The van der Waals surface area contributed by atoms with E-state index in [-0.39, 0.29) is 10.6 Å². The molecule has 1 N–H and O–H groups in total. The third-order valence-electron chi connectivity index (χ3n) is 3.02. The summed E-state index contributed by atoms with van der Waals surface area (Å²) < 4.78 is 24.9. The van der Waals surface area contributed by atoms with Crippen LogP contribution in [-0.2, 0) is 16.9 Å². The van der Waals surface area contributed by atoms with Gasteiger partial charge in [-0.05, 0) is 12.1 Å². The van der Waals surface area contributed by atoms with E-state index in [9.17, 15) is 18.5 Å². The molecule has 2 rings (SSSR count). The van der Waals surface area contributed by atoms with Crippen molar-refractivity contribution in [3.63, 3.8) is 0 Å². The molecule has 23 heavy (non-hydrogen) atoms. The number of nitrogens with one attached hydrogen (secondary N) is 1. The van der Waals surface area contributed by atoms with Crippen molar-refractivity contribution in [2.24, 2.45) is 7.05 Å². The highest BCUT2D eigenvalue weighted by Gasteiger charge is 2.18. The fraction of sp³-hybridized carbons (Fsp3) is 0.308. The summed E-state index contributed by atoms with van der Waals surface area (Å²) in [4.78, 5) is 14.6. The second-order valence-corrected chi connectivity index (χ2v) is 7.88. The van der Waals surface area contributed by atoms with E-state index in [2.05, 4.69) is 10.3 Å². The topological polar surface area (TPSA) is 107 Å². The van der Waals surface area contributed by atoms with Crippen LogP contribution in [0.3, 0.4) is 0 Å². The molecule has 0 aliphatic rings. The van der Waals surface area contributed by atoms with Crippen LogP contribution in [0.5, 0.6) is 0 Å². The van der Waals surface area contributed by atoms with E-state index in [4.69, 9.17) is 0 Å². The number of aromatic nitrogens is 2. The average Bonchev–Trinajstić information content (AvgIpc) is 2.88. The van der Waals surface area contributed by atoms with Crippen molar-refractivity contribution in [1.29, 1.82) is 0 Å². The van der Waals surface area contributed by atoms with Crippen molar-refractivity contribution in [3.8, 4) is 0 Å². The molecule has 0 unspecified atom stereocenters. The Morgan fingerprint density at radius 2 is 2.17 bits per heavy atom. The van der Waals surface area contributed by atoms with Gasteiger partial charge >= 0.3 is 0 Å². The fourth-order valence-electron chi connectivity index (χ4n) is 1.86. The molecule has 10 heteroatoms. The summed E-state index contributed by atoms with van der Waals surface area (Å²) in [6.45, 7) is 0.483. The minimum Gasteiger partial charge on any atom is -0.379 e. The number of benzene rings is 1. The molecule has 0 aliphatic carbocycles. The highest BCUT2D eigenvalue weighted by atomic mass is 32.2. The summed E-state index contributed by atoms with van der Waals surface area (Å²) in [5.74, 6) is 0.663. The molecular weight excluding hydrogens is 340 g/mol. The Balaban J connectivity index is 2.04. The molecule has 124 valence electrons. The lowest BCUT2D eigenvalue weighted by Crippen LogP contribution is -2.08. The molecule has 0 bridgehead atoms. The Hall–Kier alpha value is -2.07. The maximum Gasteiger partial charge on any atom is 0.293 e. The van der Waals surface area contributed by atoms with Crippen LogP contribution in [0.1, 0.15) is 0 Å². The molecular formula is C13H16N4O4S2. The van der Waals surface area contributed by atoms with E-state index >= 15 is 0 Å². The lowest BCUT2D eigenvalue weighted by Gasteiger charge is -2.08. The van der Waals surface area contributed by atoms with Crippen LogP contribution in [0.4, 0.5) is 11.4 Å². The third-order valence-corrected chi connectivity index (χ3v) is 5.19. The molecule has 0 spiro atoms. The highest BCUT2D eigenvalue weighted by molar-refractivity contribution is 7.99. The lowest BCUT2D eigenvalue weighted by molar-refractivity contribution is -0.384. The molecule has 0 aliphatic heterocycles. The number of hydrogen-bond acceptors (Lipinski definition) is 7. The number of nitrogens with zero attached hydrogens (tertiary/aromatic N) is 3. The van der Waals surface area contributed by atoms with Crippen LogP contribution in [0.15, 0.2) is 40.6 Å². The number of sulfone groups is 1. The number of thioether (sulfide) groups is 1. The molecule has 1 heterocycles. The smallest absolute Gasteiger partial charge is 0.293 e. The summed E-state index contributed by atoms with van der Waals surface area (Å²) in [5.41, 5.74) is 0.0396. The SMILES string of the molecule is Cn1ccnc1SCCNc1ccc(S(C)(=O)=O)cc1[N+](=O)[O-]. The van der Waals surface area contributed by atoms with Gasteiger partial charge in [0.2, 0.25) is 0 Å². The van der Waals surface area contributed by atoms with Crippen LogP contribution >= 0.6 is 11.8 Å². The molecule has 8 nitrogen and oxygen atoms in total. The zero-order valence-electron chi connectivity index (χ0n) is 12.6. The Kier molecular flexibility index (Phi) is 5.26. The molecule has 0 saturated carbocycles. The maximum atomic E-state index is 11.5. The van der Waals surface area contributed by atoms with Gasteiger partial charge in [0, 0.05) is 44.1 Å². The predicted molar refractivity (Wildman–Crippen MR) is 88.6 cm³/mol. The van der Waals surface area contributed by atoms with Crippen LogP contribution in [-0.4, -0.2) is 41.4 Å². The molecule has 0 radical (unpaired) electrons. The lowest BCUT2D eigenvalue weighted by atomic mass is 10.2. The van der Waals surface area contributed by atoms with Gasteiger partial charge in [-0.15, -0.1) is 0 Å². The monoisotopic (exact) mass is 356 g/mol. The molecule has 1 aromatic carbocycles. The van der Waals surface area contributed by atoms with Crippen LogP contribution < -0.4 is 5.32 Å². The Labute approximate surface area is 138 Å². The Morgan fingerprint density at radius 1 is 1.43 bits per heavy atom. The Bertz CT molecular complexity index is 817. The summed E-state index contributed by atoms with van der Waals surface area (Å²) >= 11 is 1.52. The number of nitro groups is 1. The molecule has 1 aromatic heterocycles. The molecule has 0 atom stereocenters. The van der Waals surface area contributed by atoms with Crippen molar-refractivity contribution in [2.45, 2.75) is 10.1 Å². The number of rotatable bonds is 7. The standard InChI is InChI=1S/C13H16N4O4S2/c1-16-7-5-15-13(16)22-8-6-14-11-4-3-10(23(2,20)21)9-12(11)17(18)19/h3-5,7,9,14H,6,8H2,1-2H3. The first-order valence-electron chi connectivity index (χ1n) is 6.61. The largest absolute Gasteiger partial charge is 0.379 e. The van der Waals surface area contributed by atoms with Crippen molar-refractivity contribution < 1.29 is 13.3 Å². The molecule has 0 saturated heterocycles. The summed E-state index contributed by atoms with van der Waals surface area (Å²) in [6.07, 6.45) is 4.55. The number of anilines is 1. The van der Waals surface area contributed by atoms with Crippen molar-refractivity contribution in [1.82, 2.24) is 9.55 Å². The predicted octanol–water partition coefficient (Wildman–Crippen LogP) is 1.94. The van der Waals surface area contributed by atoms with Gasteiger partial charge in [0.05, 0.1) is 9.82 Å². The van der Waals surface area contributed by atoms with Crippen molar-refractivity contribution in [3.05, 3.63) is 40.7 Å². The minimum atomic E-state index is -3.48. The van der Waals surface area contributed by atoms with Crippen LogP contribution in [0.2, 0.25) is 0 Å². The molecule has 0 fully saturated rings. The Morgan fingerprint density at radius 3 is 2.74 bits per heavy atom. The van der Waals surface area contributed by atoms with E-state index in [1.165, 1.54) is 23.9 Å². The zero-order chi connectivity index (χ0) is 17.0. The second kappa shape index (κ2) is 7.01. The summed E-state index contributed by atoms with van der Waals surface area (Å²) in [7, 11) is -1.60. The van der Waals surface area contributed by atoms with E-state index < -0.39 is 14.8 Å². The van der Waals surface area contributed by atoms with Gasteiger partial charge in [-0.1, -0.05) is 11.8 Å². The first kappa shape index (κ1) is 17.3. The zero-order valence-corrected chi connectivity index (χ0v) is 14.2. The van der Waals surface area contributed by atoms with E-state index in [1.54, 1.807) is 6.20 Å². The normalized spacial score (nSPS) is 11.4. The van der Waals surface area contributed by atoms with Gasteiger partial charge in [0.15, 0.2) is 15.0 Å². The van der Waals surface area contributed by atoms with Crippen LogP contribution in [0, 0.1) is 10.1 Å². The maximum absolute atomic E-state index is 11.5. The number of nitro benzene ring substituents is 1. The first-order chi connectivity index (χ1) is 10.8. The minimum absolute atomic E-state index is 0.0721. The summed E-state index contributed by atoms with van der Waals surface area (Å²) in [5, 5.41) is 14.9. The average molecular weight is 356 g/mol. The van der Waals surface area contributed by atoms with E-state index in [0.717, 1.165) is 17.5 Å². The quantitative estimate of drug-likeness (QED) is 0.349. The van der Waals surface area contributed by atoms with Crippen LogP contribution in [0.25, 0.3) is 0 Å².